The van der Waals surface area contributed by atoms with Crippen molar-refractivity contribution in [1.82, 2.24) is 5.32 Å². The number of carbonyl (C=O) groups excluding carboxylic acids is 1. The molecule has 0 spiro atoms. The number of carbonyl (C=O) groups is 1. The molecular formula is C19H22FNO3. The van der Waals surface area contributed by atoms with Gasteiger partial charge in [0, 0.05) is 6.54 Å². The van der Waals surface area contributed by atoms with Crippen LogP contribution in [0.5, 0.6) is 11.5 Å². The van der Waals surface area contributed by atoms with Gasteiger partial charge in [0.15, 0.2) is 6.10 Å². The molecule has 1 N–H and O–H groups in total. The lowest BCUT2D eigenvalue weighted by Crippen LogP contribution is -2.37. The fourth-order valence-corrected chi connectivity index (χ4v) is 2.21. The minimum absolute atomic E-state index is 0.205. The van der Waals surface area contributed by atoms with Crippen molar-refractivity contribution in [1.29, 1.82) is 0 Å². The van der Waals surface area contributed by atoms with E-state index in [0.29, 0.717) is 25.3 Å². The average Bonchev–Trinajstić information content (AvgIpc) is 2.60. The smallest absolute Gasteiger partial charge is 0.261 e. The fraction of sp³-hybridized carbons (Fsp3) is 0.316. The maximum absolute atomic E-state index is 12.9. The molecular weight excluding hydrogens is 309 g/mol. The SMILES string of the molecule is CCOc1cccc(CNC(=O)[C@H](CC)Oc2ccc(F)cc2)c1. The summed E-state index contributed by atoms with van der Waals surface area (Å²) in [4.78, 5) is 12.3. The molecule has 0 saturated heterocycles. The average molecular weight is 331 g/mol. The number of rotatable bonds is 8. The van der Waals surface area contributed by atoms with E-state index in [1.165, 1.54) is 24.3 Å². The number of ether oxygens (including phenoxy) is 2. The van der Waals surface area contributed by atoms with Gasteiger partial charge in [0.2, 0.25) is 0 Å². The maximum atomic E-state index is 12.9. The van der Waals surface area contributed by atoms with E-state index in [9.17, 15) is 9.18 Å². The van der Waals surface area contributed by atoms with E-state index in [1.807, 2.05) is 38.1 Å². The summed E-state index contributed by atoms with van der Waals surface area (Å²) in [6.45, 7) is 4.78. The van der Waals surface area contributed by atoms with Crippen molar-refractivity contribution in [3.8, 4) is 11.5 Å². The highest BCUT2D eigenvalue weighted by Crippen LogP contribution is 2.15. The van der Waals surface area contributed by atoms with Gasteiger partial charge in [-0.15, -0.1) is 0 Å². The van der Waals surface area contributed by atoms with Gasteiger partial charge >= 0.3 is 0 Å². The molecule has 0 unspecified atom stereocenters. The second-order valence-corrected chi connectivity index (χ2v) is 5.27. The highest BCUT2D eigenvalue weighted by Gasteiger charge is 2.18. The second-order valence-electron chi connectivity index (χ2n) is 5.27. The molecule has 1 amide bonds. The summed E-state index contributed by atoms with van der Waals surface area (Å²) in [6.07, 6.45) is -0.104. The highest BCUT2D eigenvalue weighted by atomic mass is 19.1. The molecule has 24 heavy (non-hydrogen) atoms. The van der Waals surface area contributed by atoms with Gasteiger partial charge in [-0.3, -0.25) is 4.79 Å². The molecule has 2 aromatic carbocycles. The Labute approximate surface area is 141 Å². The van der Waals surface area contributed by atoms with E-state index >= 15 is 0 Å². The van der Waals surface area contributed by atoms with Crippen LogP contribution < -0.4 is 14.8 Å². The molecule has 2 aromatic rings. The molecule has 0 aliphatic rings. The molecule has 0 saturated carbocycles. The number of benzene rings is 2. The van der Waals surface area contributed by atoms with Crippen LogP contribution in [0.1, 0.15) is 25.8 Å². The van der Waals surface area contributed by atoms with Crippen molar-refractivity contribution in [3.05, 3.63) is 59.9 Å². The van der Waals surface area contributed by atoms with E-state index in [0.717, 1.165) is 11.3 Å². The van der Waals surface area contributed by atoms with Crippen molar-refractivity contribution in [3.63, 3.8) is 0 Å². The van der Waals surface area contributed by atoms with Crippen LogP contribution in [0.3, 0.4) is 0 Å². The topological polar surface area (TPSA) is 47.6 Å². The molecule has 1 atom stereocenters. The third-order valence-electron chi connectivity index (χ3n) is 3.43. The normalized spacial score (nSPS) is 11.6. The minimum atomic E-state index is -0.620. The standard InChI is InChI=1S/C19H22FNO3/c1-3-18(24-16-10-8-15(20)9-11-16)19(22)21-13-14-6-5-7-17(12-14)23-4-2/h5-12,18H,3-4,13H2,1-2H3,(H,21,22)/t18-/m0/s1. The van der Waals surface area contributed by atoms with Crippen molar-refractivity contribution in [2.24, 2.45) is 0 Å². The zero-order valence-electron chi connectivity index (χ0n) is 13.9. The molecule has 0 radical (unpaired) electrons. The molecule has 0 heterocycles. The lowest BCUT2D eigenvalue weighted by molar-refractivity contribution is -0.128. The Hall–Kier alpha value is -2.56. The van der Waals surface area contributed by atoms with Crippen LogP contribution in [0.25, 0.3) is 0 Å². The first-order valence-corrected chi connectivity index (χ1v) is 8.04. The molecule has 0 aliphatic carbocycles. The van der Waals surface area contributed by atoms with Crippen molar-refractivity contribution in [2.75, 3.05) is 6.61 Å². The van der Waals surface area contributed by atoms with E-state index in [-0.39, 0.29) is 11.7 Å². The predicted octanol–water partition coefficient (Wildman–Crippen LogP) is 3.70. The second kappa shape index (κ2) is 8.91. The third-order valence-corrected chi connectivity index (χ3v) is 3.43. The monoisotopic (exact) mass is 331 g/mol. The van der Waals surface area contributed by atoms with Crippen LogP contribution in [0.4, 0.5) is 4.39 Å². The first-order valence-electron chi connectivity index (χ1n) is 8.04. The summed E-state index contributed by atoms with van der Waals surface area (Å²) in [5, 5.41) is 2.86. The molecule has 128 valence electrons. The summed E-state index contributed by atoms with van der Waals surface area (Å²) in [7, 11) is 0. The van der Waals surface area contributed by atoms with Gasteiger partial charge in [0.05, 0.1) is 6.61 Å². The maximum Gasteiger partial charge on any atom is 0.261 e. The first kappa shape index (κ1) is 17.8. The lowest BCUT2D eigenvalue weighted by Gasteiger charge is -2.17. The molecule has 0 fully saturated rings. The Morgan fingerprint density at radius 1 is 1.12 bits per heavy atom. The third kappa shape index (κ3) is 5.26. The quantitative estimate of drug-likeness (QED) is 0.802. The van der Waals surface area contributed by atoms with E-state index in [1.54, 1.807) is 0 Å². The molecule has 0 aliphatic heterocycles. The Kier molecular flexibility index (Phi) is 6.61. The molecule has 0 bridgehead atoms. The van der Waals surface area contributed by atoms with E-state index in [4.69, 9.17) is 9.47 Å². The Balaban J connectivity index is 1.91. The number of hydrogen-bond acceptors (Lipinski definition) is 3. The summed E-state index contributed by atoms with van der Waals surface area (Å²) in [5.41, 5.74) is 0.950. The highest BCUT2D eigenvalue weighted by molar-refractivity contribution is 5.81. The molecule has 2 rings (SSSR count). The van der Waals surface area contributed by atoms with Gasteiger partial charge in [0.25, 0.3) is 5.91 Å². The number of halogens is 1. The zero-order valence-corrected chi connectivity index (χ0v) is 13.9. The Morgan fingerprint density at radius 2 is 1.88 bits per heavy atom. The van der Waals surface area contributed by atoms with Gasteiger partial charge in [-0.25, -0.2) is 4.39 Å². The van der Waals surface area contributed by atoms with Crippen molar-refractivity contribution in [2.45, 2.75) is 32.9 Å². The van der Waals surface area contributed by atoms with Crippen LogP contribution >= 0.6 is 0 Å². The van der Waals surface area contributed by atoms with Crippen LogP contribution in [0.15, 0.2) is 48.5 Å². The zero-order chi connectivity index (χ0) is 17.4. The molecule has 4 nitrogen and oxygen atoms in total. The molecule has 0 aromatic heterocycles. The summed E-state index contributed by atoms with van der Waals surface area (Å²) >= 11 is 0. The van der Waals surface area contributed by atoms with Gasteiger partial charge in [-0.05, 0) is 55.3 Å². The predicted molar refractivity (Wildman–Crippen MR) is 90.6 cm³/mol. The van der Waals surface area contributed by atoms with Crippen LogP contribution in [0.2, 0.25) is 0 Å². The van der Waals surface area contributed by atoms with E-state index in [2.05, 4.69) is 5.32 Å². The number of nitrogens with one attached hydrogen (secondary N) is 1. The van der Waals surface area contributed by atoms with Gasteiger partial charge < -0.3 is 14.8 Å². The summed E-state index contributed by atoms with van der Waals surface area (Å²) < 4.78 is 24.0. The Bertz CT molecular complexity index is 658. The number of amides is 1. The van der Waals surface area contributed by atoms with Gasteiger partial charge in [-0.2, -0.15) is 0 Å². The lowest BCUT2D eigenvalue weighted by atomic mass is 10.2. The van der Waals surface area contributed by atoms with Crippen LogP contribution in [-0.2, 0) is 11.3 Å². The largest absolute Gasteiger partial charge is 0.494 e. The summed E-state index contributed by atoms with van der Waals surface area (Å²) in [6, 6.07) is 13.2. The van der Waals surface area contributed by atoms with Gasteiger partial charge in [-0.1, -0.05) is 19.1 Å². The van der Waals surface area contributed by atoms with Gasteiger partial charge in [0.1, 0.15) is 17.3 Å². The van der Waals surface area contributed by atoms with Crippen LogP contribution in [0, 0.1) is 5.82 Å². The Morgan fingerprint density at radius 3 is 2.54 bits per heavy atom. The van der Waals surface area contributed by atoms with Crippen molar-refractivity contribution >= 4 is 5.91 Å². The first-order chi connectivity index (χ1) is 11.6. The fourth-order valence-electron chi connectivity index (χ4n) is 2.21. The summed E-state index contributed by atoms with van der Waals surface area (Å²) in [5.74, 6) is 0.702. The van der Waals surface area contributed by atoms with Crippen LogP contribution in [-0.4, -0.2) is 18.6 Å². The number of hydrogen-bond donors (Lipinski definition) is 1. The minimum Gasteiger partial charge on any atom is -0.494 e. The van der Waals surface area contributed by atoms with Crippen molar-refractivity contribution < 1.29 is 18.7 Å². The molecule has 5 heteroatoms. The van der Waals surface area contributed by atoms with E-state index < -0.39 is 6.10 Å².